The van der Waals surface area contributed by atoms with Gasteiger partial charge in [-0.15, -0.1) is 0 Å². The van der Waals surface area contributed by atoms with Crippen molar-refractivity contribution >= 4 is 11.7 Å². The number of pyridine rings is 1. The molecule has 0 saturated carbocycles. The quantitative estimate of drug-likeness (QED) is 0.925. The summed E-state index contributed by atoms with van der Waals surface area (Å²) >= 11 is 0. The van der Waals surface area contributed by atoms with Crippen LogP contribution in [0.25, 0.3) is 0 Å². The summed E-state index contributed by atoms with van der Waals surface area (Å²) in [6.07, 6.45) is 5.21. The first-order valence-corrected chi connectivity index (χ1v) is 9.48. The first-order valence-electron chi connectivity index (χ1n) is 9.48. The van der Waals surface area contributed by atoms with Crippen LogP contribution in [0.3, 0.4) is 0 Å². The van der Waals surface area contributed by atoms with E-state index in [1.807, 2.05) is 24.3 Å². The molecule has 136 valence electrons. The summed E-state index contributed by atoms with van der Waals surface area (Å²) < 4.78 is 0. The van der Waals surface area contributed by atoms with E-state index < -0.39 is 0 Å². The Labute approximate surface area is 155 Å². The summed E-state index contributed by atoms with van der Waals surface area (Å²) in [6.45, 7) is 4.44. The Kier molecular flexibility index (Phi) is 5.00. The van der Waals surface area contributed by atoms with Crippen molar-refractivity contribution in [3.63, 3.8) is 0 Å². The molecule has 2 heterocycles. The number of rotatable bonds is 3. The van der Waals surface area contributed by atoms with E-state index in [4.69, 9.17) is 0 Å². The first-order chi connectivity index (χ1) is 12.7. The fourth-order valence-corrected chi connectivity index (χ4v) is 4.05. The maximum atomic E-state index is 12.7. The van der Waals surface area contributed by atoms with Gasteiger partial charge in [0.2, 0.25) is 0 Å². The van der Waals surface area contributed by atoms with Gasteiger partial charge in [-0.05, 0) is 61.7 Å². The maximum Gasteiger partial charge on any atom is 0.256 e. The minimum absolute atomic E-state index is 0.0887. The normalized spacial score (nSPS) is 21.2. The third kappa shape index (κ3) is 3.64. The Bertz CT molecular complexity index is 769. The number of anilines is 1. The molecule has 1 aromatic heterocycles. The molecule has 0 radical (unpaired) electrons. The predicted molar refractivity (Wildman–Crippen MR) is 103 cm³/mol. The van der Waals surface area contributed by atoms with Crippen LogP contribution in [0.4, 0.5) is 5.82 Å². The number of likely N-dealkylation sites (N-methyl/N-ethyl adjacent to an activating group) is 1. The van der Waals surface area contributed by atoms with Gasteiger partial charge in [-0.2, -0.15) is 0 Å². The minimum atomic E-state index is -0.0887. The highest BCUT2D eigenvalue weighted by molar-refractivity contribution is 6.03. The molecule has 1 saturated heterocycles. The molecule has 4 rings (SSSR count). The lowest BCUT2D eigenvalue weighted by molar-refractivity contribution is 0.101. The summed E-state index contributed by atoms with van der Waals surface area (Å²) in [5.41, 5.74) is 3.46. The van der Waals surface area contributed by atoms with E-state index in [1.165, 1.54) is 24.0 Å². The molecule has 0 spiro atoms. The average molecular weight is 350 g/mol. The molecule has 1 fully saturated rings. The second-order valence-corrected chi connectivity index (χ2v) is 7.33. The van der Waals surface area contributed by atoms with Crippen molar-refractivity contribution in [3.8, 4) is 0 Å². The van der Waals surface area contributed by atoms with Crippen molar-refractivity contribution in [2.24, 2.45) is 0 Å². The van der Waals surface area contributed by atoms with E-state index in [2.05, 4.69) is 39.3 Å². The van der Waals surface area contributed by atoms with Gasteiger partial charge in [0.05, 0.1) is 0 Å². The molecule has 1 aromatic carbocycles. The van der Waals surface area contributed by atoms with E-state index in [1.54, 1.807) is 6.20 Å². The molecule has 5 nitrogen and oxygen atoms in total. The molecule has 1 aliphatic carbocycles. The second kappa shape index (κ2) is 7.56. The number of carbonyl (C=O) groups excluding carboxylic acids is 1. The fourth-order valence-electron chi connectivity index (χ4n) is 4.05. The van der Waals surface area contributed by atoms with Gasteiger partial charge in [-0.3, -0.25) is 9.69 Å². The van der Waals surface area contributed by atoms with Gasteiger partial charge >= 0.3 is 0 Å². The zero-order valence-electron chi connectivity index (χ0n) is 15.3. The van der Waals surface area contributed by atoms with Crippen molar-refractivity contribution in [3.05, 3.63) is 59.3 Å². The number of aromatic nitrogens is 1. The summed E-state index contributed by atoms with van der Waals surface area (Å²) in [4.78, 5) is 21.8. The van der Waals surface area contributed by atoms with Gasteiger partial charge in [-0.25, -0.2) is 4.98 Å². The van der Waals surface area contributed by atoms with Crippen molar-refractivity contribution in [1.29, 1.82) is 0 Å². The molecular formula is C21H26N4O. The smallest absolute Gasteiger partial charge is 0.256 e. The van der Waals surface area contributed by atoms with Crippen molar-refractivity contribution in [2.45, 2.75) is 25.3 Å². The molecule has 5 heteroatoms. The van der Waals surface area contributed by atoms with Crippen molar-refractivity contribution in [2.75, 3.05) is 38.5 Å². The Hall–Kier alpha value is -2.24. The number of aryl methyl sites for hydroxylation is 1. The Morgan fingerprint density at radius 3 is 2.77 bits per heavy atom. The number of hydrogen-bond acceptors (Lipinski definition) is 4. The molecule has 2 aromatic rings. The average Bonchev–Trinajstić information content (AvgIpc) is 2.68. The molecule has 0 bridgehead atoms. The summed E-state index contributed by atoms with van der Waals surface area (Å²) in [5.74, 6) is 0.500. The molecule has 1 amide bonds. The number of piperazine rings is 1. The van der Waals surface area contributed by atoms with Gasteiger partial charge in [0.1, 0.15) is 5.82 Å². The van der Waals surface area contributed by atoms with Gasteiger partial charge in [0.25, 0.3) is 5.91 Å². The summed E-state index contributed by atoms with van der Waals surface area (Å²) in [7, 11) is 2.19. The number of hydrogen-bond donors (Lipinski definition) is 1. The van der Waals surface area contributed by atoms with E-state index in [9.17, 15) is 4.79 Å². The number of amides is 1. The molecular weight excluding hydrogens is 324 g/mol. The number of nitrogens with zero attached hydrogens (tertiary/aromatic N) is 3. The zero-order valence-corrected chi connectivity index (χ0v) is 15.3. The molecule has 1 unspecified atom stereocenters. The molecule has 1 aliphatic heterocycles. The lowest BCUT2D eigenvalue weighted by Gasteiger charge is -2.40. The largest absolute Gasteiger partial charge is 0.307 e. The lowest BCUT2D eigenvalue weighted by Crippen LogP contribution is -2.46. The van der Waals surface area contributed by atoms with Crippen LogP contribution in [0.2, 0.25) is 0 Å². The van der Waals surface area contributed by atoms with E-state index in [-0.39, 0.29) is 5.91 Å². The molecule has 26 heavy (non-hydrogen) atoms. The fraction of sp³-hybridized carbons (Fsp3) is 0.429. The first kappa shape index (κ1) is 17.2. The summed E-state index contributed by atoms with van der Waals surface area (Å²) in [6, 6.07) is 12.2. The van der Waals surface area contributed by atoms with Gasteiger partial charge < -0.3 is 10.2 Å². The number of benzene rings is 1. The van der Waals surface area contributed by atoms with Crippen LogP contribution in [-0.4, -0.2) is 53.9 Å². The van der Waals surface area contributed by atoms with Crippen LogP contribution in [0.5, 0.6) is 0 Å². The van der Waals surface area contributed by atoms with Crippen LogP contribution < -0.4 is 5.32 Å². The maximum absolute atomic E-state index is 12.7. The highest BCUT2D eigenvalue weighted by Crippen LogP contribution is 2.35. The number of nitrogens with one attached hydrogen (secondary N) is 1. The van der Waals surface area contributed by atoms with E-state index in [0.717, 1.165) is 38.2 Å². The van der Waals surface area contributed by atoms with E-state index >= 15 is 0 Å². The Morgan fingerprint density at radius 2 is 2.00 bits per heavy atom. The number of fused-ring (bicyclic) bond motifs is 1. The van der Waals surface area contributed by atoms with Crippen LogP contribution in [-0.2, 0) is 6.42 Å². The van der Waals surface area contributed by atoms with Crippen LogP contribution in [0.15, 0.2) is 42.6 Å². The highest BCUT2D eigenvalue weighted by Gasteiger charge is 2.28. The van der Waals surface area contributed by atoms with E-state index in [0.29, 0.717) is 11.9 Å². The topological polar surface area (TPSA) is 48.5 Å². The third-order valence-corrected chi connectivity index (χ3v) is 5.58. The minimum Gasteiger partial charge on any atom is -0.307 e. The SMILES string of the molecule is CN1CCN(C2CCCc3ccc(C(=O)Nc4ccccn4)cc32)CC1. The van der Waals surface area contributed by atoms with Crippen molar-refractivity contribution in [1.82, 2.24) is 14.8 Å². The van der Waals surface area contributed by atoms with Crippen LogP contribution >= 0.6 is 0 Å². The molecule has 2 aliphatic rings. The van der Waals surface area contributed by atoms with Crippen molar-refractivity contribution < 1.29 is 4.79 Å². The summed E-state index contributed by atoms with van der Waals surface area (Å²) in [5, 5.41) is 2.89. The Morgan fingerprint density at radius 1 is 1.15 bits per heavy atom. The second-order valence-electron chi connectivity index (χ2n) is 7.33. The highest BCUT2D eigenvalue weighted by atomic mass is 16.1. The standard InChI is InChI=1S/C21H26N4O/c1-24-11-13-25(14-12-24)19-6-4-5-16-8-9-17(15-18(16)19)21(26)23-20-7-2-3-10-22-20/h2-3,7-10,15,19H,4-6,11-14H2,1H3,(H,22,23,26). The third-order valence-electron chi connectivity index (χ3n) is 5.58. The van der Waals surface area contributed by atoms with Gasteiger partial charge in [0.15, 0.2) is 0 Å². The number of carbonyl (C=O) groups is 1. The monoisotopic (exact) mass is 350 g/mol. The van der Waals surface area contributed by atoms with Gasteiger partial charge in [-0.1, -0.05) is 12.1 Å². The lowest BCUT2D eigenvalue weighted by atomic mass is 9.85. The van der Waals surface area contributed by atoms with Gasteiger partial charge in [0, 0.05) is 44.0 Å². The van der Waals surface area contributed by atoms with Crippen LogP contribution in [0.1, 0.15) is 40.4 Å². The predicted octanol–water partition coefficient (Wildman–Crippen LogP) is 2.96. The molecule has 1 N–H and O–H groups in total. The van der Waals surface area contributed by atoms with Crippen LogP contribution in [0, 0.1) is 0 Å². The molecule has 1 atom stereocenters. The zero-order chi connectivity index (χ0) is 17.9. The Balaban J connectivity index is 1.56.